The van der Waals surface area contributed by atoms with E-state index in [0.29, 0.717) is 19.3 Å². The van der Waals surface area contributed by atoms with E-state index in [1.807, 2.05) is 30.4 Å². The van der Waals surface area contributed by atoms with Crippen LogP contribution in [0, 0.1) is 0 Å². The van der Waals surface area contributed by atoms with Crippen molar-refractivity contribution in [1.82, 2.24) is 0 Å². The maximum atomic E-state index is 5.49. The average Bonchev–Trinajstić information content (AvgIpc) is 2.92. The van der Waals surface area contributed by atoms with Crippen molar-refractivity contribution >= 4 is 12.0 Å². The van der Waals surface area contributed by atoms with Crippen LogP contribution in [0.5, 0.6) is 11.5 Å². The van der Waals surface area contributed by atoms with Crippen LogP contribution in [-0.4, -0.2) is 24.8 Å². The summed E-state index contributed by atoms with van der Waals surface area (Å²) in [5.74, 6) is 2.26. The molecule has 0 amide bonds. The Morgan fingerprint density at radius 2 is 1.94 bits per heavy atom. The molecule has 2 heterocycles. The number of ether oxygens (including phenoxy) is 3. The Balaban J connectivity index is 1.77. The Labute approximate surface area is 106 Å². The molecule has 2 aliphatic rings. The predicted octanol–water partition coefficient (Wildman–Crippen LogP) is 2.64. The zero-order valence-electron chi connectivity index (χ0n) is 10.5. The summed E-state index contributed by atoms with van der Waals surface area (Å²) in [6, 6.07) is 5.83. The molecular formula is C14H15NO3. The highest BCUT2D eigenvalue weighted by atomic mass is 16.7. The molecule has 94 valence electrons. The fraction of sp³-hybridized carbons (Fsp3) is 0.357. The Kier molecular flexibility index (Phi) is 2.51. The van der Waals surface area contributed by atoms with E-state index in [1.54, 1.807) is 0 Å². The number of benzene rings is 1. The fourth-order valence-electron chi connectivity index (χ4n) is 1.88. The summed E-state index contributed by atoms with van der Waals surface area (Å²) in [6.07, 6.45) is 3.84. The van der Waals surface area contributed by atoms with Gasteiger partial charge in [-0.15, -0.1) is 0 Å². The first-order chi connectivity index (χ1) is 8.62. The molecule has 2 aliphatic heterocycles. The second-order valence-corrected chi connectivity index (χ2v) is 5.00. The van der Waals surface area contributed by atoms with Gasteiger partial charge in [-0.05, 0) is 37.6 Å². The standard InChI is InChI=1S/C14H15NO3/c1-14(2)8-16-13(15-14)6-4-10-3-5-11-12(7-10)18-9-17-11/h3-7H,8-9H2,1-2H3/b6-4-. The van der Waals surface area contributed by atoms with E-state index in [4.69, 9.17) is 14.2 Å². The van der Waals surface area contributed by atoms with Crippen LogP contribution in [0.15, 0.2) is 29.3 Å². The normalized spacial score (nSPS) is 20.0. The van der Waals surface area contributed by atoms with Crippen LogP contribution < -0.4 is 9.47 Å². The Hall–Kier alpha value is -1.97. The van der Waals surface area contributed by atoms with Crippen LogP contribution >= 0.6 is 0 Å². The van der Waals surface area contributed by atoms with E-state index in [2.05, 4.69) is 18.8 Å². The Bertz CT molecular complexity index is 532. The van der Waals surface area contributed by atoms with E-state index in [9.17, 15) is 0 Å². The van der Waals surface area contributed by atoms with Gasteiger partial charge in [0.25, 0.3) is 0 Å². The average molecular weight is 245 g/mol. The van der Waals surface area contributed by atoms with Crippen molar-refractivity contribution in [3.8, 4) is 11.5 Å². The number of aliphatic imine (C=N–C) groups is 1. The van der Waals surface area contributed by atoms with Gasteiger partial charge in [0.05, 0.1) is 5.54 Å². The molecule has 0 bridgehead atoms. The molecule has 0 fully saturated rings. The zero-order valence-corrected chi connectivity index (χ0v) is 10.5. The summed E-state index contributed by atoms with van der Waals surface area (Å²) >= 11 is 0. The lowest BCUT2D eigenvalue weighted by Gasteiger charge is -2.07. The van der Waals surface area contributed by atoms with Crippen LogP contribution in [0.2, 0.25) is 0 Å². The second kappa shape index (κ2) is 4.05. The molecule has 4 heteroatoms. The van der Waals surface area contributed by atoms with Crippen molar-refractivity contribution in [3.05, 3.63) is 29.8 Å². The highest BCUT2D eigenvalue weighted by Gasteiger charge is 2.24. The molecule has 0 N–H and O–H groups in total. The van der Waals surface area contributed by atoms with Gasteiger partial charge in [-0.2, -0.15) is 0 Å². The lowest BCUT2D eigenvalue weighted by Crippen LogP contribution is -2.17. The fourth-order valence-corrected chi connectivity index (χ4v) is 1.88. The topological polar surface area (TPSA) is 40.0 Å². The highest BCUT2D eigenvalue weighted by Crippen LogP contribution is 2.32. The molecule has 1 aromatic carbocycles. The predicted molar refractivity (Wildman–Crippen MR) is 69.1 cm³/mol. The summed E-state index contributed by atoms with van der Waals surface area (Å²) in [4.78, 5) is 4.46. The summed E-state index contributed by atoms with van der Waals surface area (Å²) in [7, 11) is 0. The smallest absolute Gasteiger partial charge is 0.231 e. The van der Waals surface area contributed by atoms with Gasteiger partial charge < -0.3 is 14.2 Å². The third-order valence-electron chi connectivity index (χ3n) is 2.80. The minimum Gasteiger partial charge on any atom is -0.475 e. The van der Waals surface area contributed by atoms with Crippen molar-refractivity contribution in [2.75, 3.05) is 13.4 Å². The van der Waals surface area contributed by atoms with Crippen LogP contribution in [0.4, 0.5) is 0 Å². The quantitative estimate of drug-likeness (QED) is 0.804. The van der Waals surface area contributed by atoms with E-state index >= 15 is 0 Å². The summed E-state index contributed by atoms with van der Waals surface area (Å²) in [6.45, 7) is 5.03. The van der Waals surface area contributed by atoms with Gasteiger partial charge in [0.15, 0.2) is 11.5 Å². The Morgan fingerprint density at radius 3 is 2.72 bits per heavy atom. The molecule has 0 spiro atoms. The lowest BCUT2D eigenvalue weighted by atomic mass is 10.1. The molecule has 0 aliphatic carbocycles. The van der Waals surface area contributed by atoms with Crippen LogP contribution in [0.25, 0.3) is 6.08 Å². The zero-order chi connectivity index (χ0) is 12.6. The van der Waals surface area contributed by atoms with Crippen molar-refractivity contribution in [1.29, 1.82) is 0 Å². The van der Waals surface area contributed by atoms with Crippen molar-refractivity contribution in [2.24, 2.45) is 4.99 Å². The van der Waals surface area contributed by atoms with E-state index in [-0.39, 0.29) is 5.54 Å². The molecule has 4 nitrogen and oxygen atoms in total. The minimum absolute atomic E-state index is 0.117. The number of rotatable bonds is 2. The second-order valence-electron chi connectivity index (χ2n) is 5.00. The molecule has 0 radical (unpaired) electrons. The van der Waals surface area contributed by atoms with Crippen molar-refractivity contribution in [3.63, 3.8) is 0 Å². The first-order valence-corrected chi connectivity index (χ1v) is 5.93. The van der Waals surface area contributed by atoms with E-state index in [1.165, 1.54) is 0 Å². The molecule has 0 unspecified atom stereocenters. The maximum Gasteiger partial charge on any atom is 0.231 e. The highest BCUT2D eigenvalue weighted by molar-refractivity contribution is 5.93. The Morgan fingerprint density at radius 1 is 1.11 bits per heavy atom. The van der Waals surface area contributed by atoms with E-state index in [0.717, 1.165) is 17.1 Å². The minimum atomic E-state index is -0.117. The maximum absolute atomic E-state index is 5.49. The summed E-state index contributed by atoms with van der Waals surface area (Å²) < 4.78 is 16.1. The van der Waals surface area contributed by atoms with Gasteiger partial charge in [-0.3, -0.25) is 0 Å². The van der Waals surface area contributed by atoms with Crippen molar-refractivity contribution in [2.45, 2.75) is 19.4 Å². The third kappa shape index (κ3) is 2.18. The van der Waals surface area contributed by atoms with Gasteiger partial charge in [-0.25, -0.2) is 4.99 Å². The van der Waals surface area contributed by atoms with Gasteiger partial charge in [0.1, 0.15) is 6.61 Å². The number of hydrogen-bond donors (Lipinski definition) is 0. The molecule has 0 atom stereocenters. The first kappa shape index (κ1) is 11.1. The van der Waals surface area contributed by atoms with Gasteiger partial charge in [-0.1, -0.05) is 6.07 Å². The molecule has 0 saturated heterocycles. The van der Waals surface area contributed by atoms with Gasteiger partial charge in [0, 0.05) is 6.08 Å². The van der Waals surface area contributed by atoms with Crippen molar-refractivity contribution < 1.29 is 14.2 Å². The monoisotopic (exact) mass is 245 g/mol. The number of nitrogens with zero attached hydrogens (tertiary/aromatic N) is 1. The number of fused-ring (bicyclic) bond motifs is 1. The largest absolute Gasteiger partial charge is 0.475 e. The number of hydrogen-bond acceptors (Lipinski definition) is 4. The van der Waals surface area contributed by atoms with Crippen LogP contribution in [0.3, 0.4) is 0 Å². The summed E-state index contributed by atoms with van der Waals surface area (Å²) in [5, 5.41) is 0. The first-order valence-electron chi connectivity index (χ1n) is 5.93. The molecule has 0 saturated carbocycles. The van der Waals surface area contributed by atoms with Gasteiger partial charge >= 0.3 is 0 Å². The van der Waals surface area contributed by atoms with Crippen LogP contribution in [0.1, 0.15) is 19.4 Å². The SMILES string of the molecule is CC1(C)COC(/C=C\c2ccc3c(c2)OCO3)=N1. The van der Waals surface area contributed by atoms with E-state index < -0.39 is 0 Å². The summed E-state index contributed by atoms with van der Waals surface area (Å²) in [5.41, 5.74) is 0.921. The third-order valence-corrected chi connectivity index (χ3v) is 2.80. The molecule has 3 rings (SSSR count). The molecule has 0 aromatic heterocycles. The molecule has 1 aromatic rings. The van der Waals surface area contributed by atoms with Crippen LogP contribution in [-0.2, 0) is 4.74 Å². The lowest BCUT2D eigenvalue weighted by molar-refractivity contribution is 0.174. The van der Waals surface area contributed by atoms with Gasteiger partial charge in [0.2, 0.25) is 12.7 Å². The molecule has 18 heavy (non-hydrogen) atoms. The molecular weight excluding hydrogens is 230 g/mol.